The molecule has 3 aromatic carbocycles. The summed E-state index contributed by atoms with van der Waals surface area (Å²) in [6.07, 6.45) is 2.64. The molecule has 0 aliphatic carbocycles. The molecule has 0 bridgehead atoms. The number of carbonyl (C=O) groups excluding carboxylic acids is 1. The fraction of sp³-hybridized carbons (Fsp3) is 0.333. The van der Waals surface area contributed by atoms with Crippen LogP contribution in [-0.4, -0.2) is 42.8 Å². The Balaban J connectivity index is 0.00000507. The van der Waals surface area contributed by atoms with Gasteiger partial charge in [0.2, 0.25) is 5.90 Å². The maximum atomic E-state index is 13.2. The molecule has 204 valence electrons. The molecule has 3 aromatic rings. The lowest BCUT2D eigenvalue weighted by molar-refractivity contribution is 0.0977. The van der Waals surface area contributed by atoms with Crippen LogP contribution in [0.1, 0.15) is 56.0 Å². The molecule has 0 atom stereocenters. The Labute approximate surface area is 231 Å². The van der Waals surface area contributed by atoms with E-state index in [4.69, 9.17) is 19.6 Å². The number of aromatic hydroxyl groups is 1. The van der Waals surface area contributed by atoms with E-state index in [1.54, 1.807) is 17.0 Å². The monoisotopic (exact) mass is 540 g/mol. The van der Waals surface area contributed by atoms with Crippen molar-refractivity contribution in [1.29, 1.82) is 5.41 Å². The van der Waals surface area contributed by atoms with Crippen LogP contribution in [0.3, 0.4) is 0 Å². The first-order valence-electron chi connectivity index (χ1n) is 12.7. The van der Waals surface area contributed by atoms with Gasteiger partial charge in [-0.05, 0) is 88.6 Å². The van der Waals surface area contributed by atoms with Gasteiger partial charge in [0, 0.05) is 23.4 Å². The number of rotatable bonds is 13. The molecule has 0 aromatic heterocycles. The highest BCUT2D eigenvalue weighted by atomic mass is 35.5. The molecule has 1 amide bonds. The highest BCUT2D eigenvalue weighted by Crippen LogP contribution is 2.28. The summed E-state index contributed by atoms with van der Waals surface area (Å²) in [6, 6.07) is 21.5. The summed E-state index contributed by atoms with van der Waals surface area (Å²) >= 11 is 0. The highest BCUT2D eigenvalue weighted by molar-refractivity contribution is 6.08. The van der Waals surface area contributed by atoms with E-state index in [9.17, 15) is 9.90 Å². The molecule has 0 radical (unpaired) electrons. The molecular weight excluding hydrogens is 504 g/mol. The van der Waals surface area contributed by atoms with Crippen LogP contribution in [0.25, 0.3) is 0 Å². The van der Waals surface area contributed by atoms with Crippen LogP contribution in [-0.2, 0) is 4.74 Å². The topological polar surface area (TPSA) is 92.1 Å². The van der Waals surface area contributed by atoms with E-state index in [1.165, 1.54) is 6.07 Å². The summed E-state index contributed by atoms with van der Waals surface area (Å²) in [5.41, 5.74) is 1.75. The standard InChI is InChI=1S/C30H36N2O5.ClH/c1-4-35-29(31)23-13-15-25(16-14-23)36-19-9-6-10-20-37-26-17-18-27(28(33)21-26)30(34)32(22(2)3)24-11-7-5-8-12-24;/h5,7-8,11-18,21-22,31,33H,4,6,9-10,19-20H2,1-3H3;1H. The number of hydrogen-bond acceptors (Lipinski definition) is 6. The van der Waals surface area contributed by atoms with Crippen molar-refractivity contribution in [3.8, 4) is 17.2 Å². The summed E-state index contributed by atoms with van der Waals surface area (Å²) in [5, 5.41) is 18.3. The summed E-state index contributed by atoms with van der Waals surface area (Å²) < 4.78 is 16.7. The maximum Gasteiger partial charge on any atom is 0.262 e. The number of anilines is 1. The summed E-state index contributed by atoms with van der Waals surface area (Å²) in [4.78, 5) is 14.8. The van der Waals surface area contributed by atoms with E-state index in [1.807, 2.05) is 75.4 Å². The maximum absolute atomic E-state index is 13.2. The Morgan fingerprint density at radius 2 is 1.50 bits per heavy atom. The molecule has 0 spiro atoms. The van der Waals surface area contributed by atoms with Crippen molar-refractivity contribution in [1.82, 2.24) is 0 Å². The average Bonchev–Trinajstić information content (AvgIpc) is 2.89. The number of halogens is 1. The zero-order chi connectivity index (χ0) is 26.6. The number of amides is 1. The number of hydrogen-bond donors (Lipinski definition) is 2. The van der Waals surface area contributed by atoms with Gasteiger partial charge in [-0.15, -0.1) is 12.4 Å². The van der Waals surface area contributed by atoms with Gasteiger partial charge in [-0.1, -0.05) is 18.2 Å². The zero-order valence-corrected chi connectivity index (χ0v) is 23.0. The van der Waals surface area contributed by atoms with Crippen molar-refractivity contribution in [2.45, 2.75) is 46.1 Å². The second-order valence-corrected chi connectivity index (χ2v) is 8.83. The minimum absolute atomic E-state index is 0. The number of para-hydroxylation sites is 1. The van der Waals surface area contributed by atoms with Crippen molar-refractivity contribution in [3.05, 3.63) is 83.9 Å². The molecule has 0 saturated carbocycles. The number of phenolic OH excluding ortho intramolecular Hbond substituents is 1. The van der Waals surface area contributed by atoms with E-state index in [2.05, 4.69) is 0 Å². The molecule has 3 rings (SSSR count). The Kier molecular flexibility index (Phi) is 12.5. The minimum Gasteiger partial charge on any atom is -0.507 e. The van der Waals surface area contributed by atoms with Gasteiger partial charge in [0.05, 0.1) is 25.4 Å². The molecule has 0 heterocycles. The SMILES string of the molecule is CCOC(=N)c1ccc(OCCCCCOc2ccc(C(=O)N(c3ccccc3)C(C)C)c(O)c2)cc1.Cl. The summed E-state index contributed by atoms with van der Waals surface area (Å²) in [6.45, 7) is 7.30. The van der Waals surface area contributed by atoms with E-state index in [0.29, 0.717) is 25.6 Å². The van der Waals surface area contributed by atoms with Crippen molar-refractivity contribution in [2.24, 2.45) is 0 Å². The van der Waals surface area contributed by atoms with Gasteiger partial charge in [-0.3, -0.25) is 10.2 Å². The third-order valence-electron chi connectivity index (χ3n) is 5.70. The van der Waals surface area contributed by atoms with E-state index in [0.717, 1.165) is 36.3 Å². The first-order chi connectivity index (χ1) is 17.9. The number of nitrogens with one attached hydrogen (secondary N) is 1. The largest absolute Gasteiger partial charge is 0.507 e. The normalized spacial score (nSPS) is 10.4. The van der Waals surface area contributed by atoms with Crippen LogP contribution in [0.2, 0.25) is 0 Å². The third-order valence-corrected chi connectivity index (χ3v) is 5.70. The predicted molar refractivity (Wildman–Crippen MR) is 153 cm³/mol. The number of unbranched alkanes of at least 4 members (excludes halogenated alkanes) is 2. The number of ether oxygens (including phenoxy) is 3. The molecule has 8 heteroatoms. The van der Waals surface area contributed by atoms with E-state index >= 15 is 0 Å². The average molecular weight is 541 g/mol. The first-order valence-corrected chi connectivity index (χ1v) is 12.7. The smallest absolute Gasteiger partial charge is 0.262 e. The molecule has 2 N–H and O–H groups in total. The predicted octanol–water partition coefficient (Wildman–Crippen LogP) is 6.86. The quantitative estimate of drug-likeness (QED) is 0.140. The van der Waals surface area contributed by atoms with Crippen LogP contribution < -0.4 is 14.4 Å². The number of nitrogens with zero attached hydrogens (tertiary/aromatic N) is 1. The van der Waals surface area contributed by atoms with Crippen LogP contribution in [0, 0.1) is 5.41 Å². The second-order valence-electron chi connectivity index (χ2n) is 8.83. The molecule has 0 fully saturated rings. The van der Waals surface area contributed by atoms with Crippen molar-refractivity contribution >= 4 is 29.9 Å². The van der Waals surface area contributed by atoms with Crippen LogP contribution in [0.15, 0.2) is 72.8 Å². The molecule has 7 nitrogen and oxygen atoms in total. The van der Waals surface area contributed by atoms with Gasteiger partial charge < -0.3 is 24.2 Å². The van der Waals surface area contributed by atoms with E-state index in [-0.39, 0.29) is 41.6 Å². The lowest BCUT2D eigenvalue weighted by Crippen LogP contribution is -2.37. The third kappa shape index (κ3) is 8.70. The Morgan fingerprint density at radius 3 is 2.08 bits per heavy atom. The van der Waals surface area contributed by atoms with Crippen LogP contribution in [0.5, 0.6) is 17.2 Å². The Morgan fingerprint density at radius 1 is 0.895 bits per heavy atom. The van der Waals surface area contributed by atoms with Crippen molar-refractivity contribution in [2.75, 3.05) is 24.7 Å². The van der Waals surface area contributed by atoms with Gasteiger partial charge in [0.1, 0.15) is 17.2 Å². The number of benzene rings is 3. The van der Waals surface area contributed by atoms with Crippen molar-refractivity contribution in [3.63, 3.8) is 0 Å². The van der Waals surface area contributed by atoms with Gasteiger partial charge >= 0.3 is 0 Å². The minimum atomic E-state index is -0.257. The molecular formula is C30H37ClN2O5. The first kappa shape index (κ1) is 30.5. The molecule has 38 heavy (non-hydrogen) atoms. The fourth-order valence-electron chi connectivity index (χ4n) is 3.84. The fourth-order valence-corrected chi connectivity index (χ4v) is 3.84. The lowest BCUT2D eigenvalue weighted by atomic mass is 10.1. The van der Waals surface area contributed by atoms with Gasteiger partial charge in [0.25, 0.3) is 5.91 Å². The summed E-state index contributed by atoms with van der Waals surface area (Å²) in [7, 11) is 0. The van der Waals surface area contributed by atoms with E-state index < -0.39 is 0 Å². The number of phenols is 1. The van der Waals surface area contributed by atoms with Gasteiger partial charge in [0.15, 0.2) is 0 Å². The lowest BCUT2D eigenvalue weighted by Gasteiger charge is -2.27. The number of carbonyl (C=O) groups is 1. The summed E-state index contributed by atoms with van der Waals surface area (Å²) in [5.74, 6) is 1.09. The van der Waals surface area contributed by atoms with Gasteiger partial charge in [-0.2, -0.15) is 0 Å². The Bertz CT molecular complexity index is 1150. The van der Waals surface area contributed by atoms with Crippen LogP contribution >= 0.6 is 12.4 Å². The molecule has 0 aliphatic rings. The molecule has 0 aliphatic heterocycles. The molecule has 0 unspecified atom stereocenters. The van der Waals surface area contributed by atoms with Crippen LogP contribution in [0.4, 0.5) is 5.69 Å². The highest BCUT2D eigenvalue weighted by Gasteiger charge is 2.23. The zero-order valence-electron chi connectivity index (χ0n) is 22.2. The Hall–Kier alpha value is -3.71. The molecule has 0 saturated heterocycles. The van der Waals surface area contributed by atoms with Gasteiger partial charge in [-0.25, -0.2) is 0 Å². The van der Waals surface area contributed by atoms with Crippen molar-refractivity contribution < 1.29 is 24.1 Å². The second kappa shape index (κ2) is 15.5.